The van der Waals surface area contributed by atoms with Gasteiger partial charge in [0.1, 0.15) is 11.6 Å². The van der Waals surface area contributed by atoms with Crippen molar-refractivity contribution in [3.63, 3.8) is 0 Å². The number of aromatic nitrogens is 2. The lowest BCUT2D eigenvalue weighted by atomic mass is 9.79. The number of hydrogen-bond donors (Lipinski definition) is 2. The summed E-state index contributed by atoms with van der Waals surface area (Å²) in [6.45, 7) is 4.91. The Bertz CT molecular complexity index is 932. The van der Waals surface area contributed by atoms with Crippen LogP contribution in [0.4, 0.5) is 16.2 Å². The molecule has 2 N–H and O–H groups in total. The van der Waals surface area contributed by atoms with E-state index in [9.17, 15) is 4.39 Å². The van der Waals surface area contributed by atoms with Crippen LogP contribution < -0.4 is 20.3 Å². The second kappa shape index (κ2) is 9.98. The van der Waals surface area contributed by atoms with Gasteiger partial charge in [-0.05, 0) is 61.5 Å². The average Bonchev–Trinajstić information content (AvgIpc) is 3.28. The SMILES string of the molecule is COc1cc(N2CCCC(C)C2)nc(NC(=S)NCC2(c3ccc(F)cc3)CCCC2)n1. The molecule has 0 spiro atoms. The zero-order valence-corrected chi connectivity index (χ0v) is 19.7. The Hall–Kier alpha value is -2.48. The van der Waals surface area contributed by atoms with Gasteiger partial charge in [0.15, 0.2) is 5.11 Å². The molecule has 2 heterocycles. The first-order chi connectivity index (χ1) is 15.5. The summed E-state index contributed by atoms with van der Waals surface area (Å²) in [6, 6.07) is 8.76. The van der Waals surface area contributed by atoms with E-state index < -0.39 is 0 Å². The summed E-state index contributed by atoms with van der Waals surface area (Å²) in [4.78, 5) is 11.4. The van der Waals surface area contributed by atoms with Crippen molar-refractivity contribution < 1.29 is 9.13 Å². The second-order valence-corrected chi connectivity index (χ2v) is 9.50. The zero-order valence-electron chi connectivity index (χ0n) is 18.9. The van der Waals surface area contributed by atoms with Gasteiger partial charge < -0.3 is 20.3 Å². The van der Waals surface area contributed by atoms with Crippen molar-refractivity contribution in [3.8, 4) is 5.88 Å². The highest BCUT2D eigenvalue weighted by atomic mass is 32.1. The molecule has 1 saturated carbocycles. The fourth-order valence-corrected chi connectivity index (χ4v) is 5.11. The number of nitrogens with one attached hydrogen (secondary N) is 2. The van der Waals surface area contributed by atoms with Crippen molar-refractivity contribution in [1.82, 2.24) is 15.3 Å². The van der Waals surface area contributed by atoms with Gasteiger partial charge in [-0.15, -0.1) is 0 Å². The monoisotopic (exact) mass is 457 g/mol. The molecule has 1 atom stereocenters. The minimum absolute atomic E-state index is 0.0379. The molecule has 1 saturated heterocycles. The van der Waals surface area contributed by atoms with Gasteiger partial charge in [0.25, 0.3) is 0 Å². The lowest BCUT2D eigenvalue weighted by Crippen LogP contribution is -2.41. The molecule has 6 nitrogen and oxygen atoms in total. The molecule has 0 amide bonds. The maximum absolute atomic E-state index is 13.4. The number of thiocarbonyl (C=S) groups is 1. The lowest BCUT2D eigenvalue weighted by Gasteiger charge is -2.32. The molecule has 0 radical (unpaired) electrons. The first-order valence-corrected chi connectivity index (χ1v) is 11.9. The fraction of sp³-hybridized carbons (Fsp3) is 0.542. The van der Waals surface area contributed by atoms with E-state index >= 15 is 0 Å². The van der Waals surface area contributed by atoms with E-state index in [2.05, 4.69) is 27.4 Å². The number of nitrogens with zero attached hydrogens (tertiary/aromatic N) is 3. The van der Waals surface area contributed by atoms with Crippen LogP contribution >= 0.6 is 12.2 Å². The number of ether oxygens (including phenoxy) is 1. The van der Waals surface area contributed by atoms with E-state index in [1.54, 1.807) is 19.2 Å². The van der Waals surface area contributed by atoms with Crippen molar-refractivity contribution >= 4 is 29.1 Å². The smallest absolute Gasteiger partial charge is 0.234 e. The van der Waals surface area contributed by atoms with Crippen LogP contribution in [0.25, 0.3) is 0 Å². The third-order valence-corrected chi connectivity index (χ3v) is 6.96. The predicted molar refractivity (Wildman–Crippen MR) is 130 cm³/mol. The van der Waals surface area contributed by atoms with Crippen LogP contribution in [-0.4, -0.2) is 41.8 Å². The molecule has 32 heavy (non-hydrogen) atoms. The largest absolute Gasteiger partial charge is 0.481 e. The standard InChI is InChI=1S/C24H32FN5OS/c1-17-6-5-13-30(15-17)20-14-21(31-2)28-22(27-20)29-23(32)26-16-24(11-3-4-12-24)18-7-9-19(25)10-8-18/h7-10,14,17H,3-6,11-13,15-16H2,1-2H3,(H2,26,27,28,29,32). The highest BCUT2D eigenvalue weighted by Gasteiger charge is 2.35. The molecule has 2 aromatic rings. The molecule has 0 bridgehead atoms. The van der Waals surface area contributed by atoms with Gasteiger partial charge >= 0.3 is 0 Å². The summed E-state index contributed by atoms with van der Waals surface area (Å²) in [5.74, 6) is 2.22. The molecule has 2 aliphatic rings. The van der Waals surface area contributed by atoms with Crippen molar-refractivity contribution in [2.75, 3.05) is 37.0 Å². The van der Waals surface area contributed by atoms with Crippen LogP contribution in [-0.2, 0) is 5.41 Å². The number of methoxy groups -OCH3 is 1. The van der Waals surface area contributed by atoms with Crippen LogP contribution in [0.3, 0.4) is 0 Å². The van der Waals surface area contributed by atoms with Crippen molar-refractivity contribution in [3.05, 3.63) is 41.7 Å². The fourth-order valence-electron chi connectivity index (χ4n) is 4.95. The van der Waals surface area contributed by atoms with Gasteiger partial charge in [-0.3, -0.25) is 0 Å². The van der Waals surface area contributed by atoms with Gasteiger partial charge in [-0.25, -0.2) is 4.39 Å². The van der Waals surface area contributed by atoms with Crippen LogP contribution in [0, 0.1) is 11.7 Å². The molecule has 1 aromatic heterocycles. The summed E-state index contributed by atoms with van der Waals surface area (Å²) in [5, 5.41) is 6.98. The van der Waals surface area contributed by atoms with E-state index in [1.807, 2.05) is 18.2 Å². The first-order valence-electron chi connectivity index (χ1n) is 11.5. The maximum Gasteiger partial charge on any atom is 0.234 e. The van der Waals surface area contributed by atoms with E-state index in [4.69, 9.17) is 21.9 Å². The van der Waals surface area contributed by atoms with Gasteiger partial charge in [0.2, 0.25) is 11.8 Å². The quantitative estimate of drug-likeness (QED) is 0.612. The highest BCUT2D eigenvalue weighted by molar-refractivity contribution is 7.80. The van der Waals surface area contributed by atoms with E-state index in [1.165, 1.54) is 6.42 Å². The number of halogens is 1. The Morgan fingerprint density at radius 1 is 1.22 bits per heavy atom. The van der Waals surface area contributed by atoms with Crippen LogP contribution in [0.5, 0.6) is 5.88 Å². The summed E-state index contributed by atoms with van der Waals surface area (Å²) in [6.07, 6.45) is 6.84. The van der Waals surface area contributed by atoms with Crippen molar-refractivity contribution in [1.29, 1.82) is 0 Å². The number of anilines is 2. The predicted octanol–water partition coefficient (Wildman–Crippen LogP) is 4.66. The number of hydrogen-bond acceptors (Lipinski definition) is 5. The minimum atomic E-state index is -0.207. The van der Waals surface area contributed by atoms with Crippen molar-refractivity contribution in [2.24, 2.45) is 5.92 Å². The van der Waals surface area contributed by atoms with Gasteiger partial charge in [-0.2, -0.15) is 9.97 Å². The van der Waals surface area contributed by atoms with Gasteiger partial charge in [0, 0.05) is 31.1 Å². The summed E-state index contributed by atoms with van der Waals surface area (Å²) >= 11 is 5.57. The molecule has 8 heteroatoms. The Morgan fingerprint density at radius 2 is 1.97 bits per heavy atom. The Morgan fingerprint density at radius 3 is 2.66 bits per heavy atom. The molecule has 2 fully saturated rings. The normalized spacial score (nSPS) is 20.1. The molecular formula is C24H32FN5OS. The molecule has 1 aliphatic carbocycles. The van der Waals surface area contributed by atoms with Gasteiger partial charge in [0.05, 0.1) is 7.11 Å². The van der Waals surface area contributed by atoms with Crippen LogP contribution in [0.1, 0.15) is 51.0 Å². The van der Waals surface area contributed by atoms with E-state index in [0.29, 0.717) is 29.4 Å². The third-order valence-electron chi connectivity index (χ3n) is 6.71. The maximum atomic E-state index is 13.4. The summed E-state index contributed by atoms with van der Waals surface area (Å²) in [7, 11) is 1.61. The topological polar surface area (TPSA) is 62.3 Å². The molecule has 172 valence electrons. The van der Waals surface area contributed by atoms with Gasteiger partial charge in [-0.1, -0.05) is 31.9 Å². The molecule has 4 rings (SSSR count). The first kappa shape index (κ1) is 22.7. The number of piperidine rings is 1. The van der Waals surface area contributed by atoms with Crippen LogP contribution in [0.2, 0.25) is 0 Å². The van der Waals surface area contributed by atoms with Crippen molar-refractivity contribution in [2.45, 2.75) is 50.9 Å². The highest BCUT2D eigenvalue weighted by Crippen LogP contribution is 2.40. The van der Waals surface area contributed by atoms with E-state index in [0.717, 1.165) is 56.6 Å². The second-order valence-electron chi connectivity index (χ2n) is 9.09. The Labute approximate surface area is 195 Å². The summed E-state index contributed by atoms with van der Waals surface area (Å²) in [5.41, 5.74) is 1.12. The van der Waals surface area contributed by atoms with Crippen LogP contribution in [0.15, 0.2) is 30.3 Å². The molecule has 1 unspecified atom stereocenters. The number of benzene rings is 1. The minimum Gasteiger partial charge on any atom is -0.481 e. The molecule has 1 aliphatic heterocycles. The molecular weight excluding hydrogens is 425 g/mol. The lowest BCUT2D eigenvalue weighted by molar-refractivity contribution is 0.396. The Balaban J connectivity index is 1.44. The summed E-state index contributed by atoms with van der Waals surface area (Å²) < 4.78 is 18.8. The third kappa shape index (κ3) is 5.28. The van der Waals surface area contributed by atoms with E-state index in [-0.39, 0.29) is 11.2 Å². The Kier molecular flexibility index (Phi) is 7.08. The number of rotatable bonds is 6. The zero-order chi connectivity index (χ0) is 22.6. The molecule has 1 aromatic carbocycles. The average molecular weight is 458 g/mol.